The van der Waals surface area contributed by atoms with Crippen LogP contribution in [0.15, 0.2) is 0 Å². The van der Waals surface area contributed by atoms with Gasteiger partial charge in [-0.3, -0.25) is 0 Å². The van der Waals surface area contributed by atoms with Crippen LogP contribution in [0.5, 0.6) is 0 Å². The number of aliphatic hydroxyl groups excluding tert-OH is 1. The molecule has 1 atom stereocenters. The van der Waals surface area contributed by atoms with E-state index in [0.717, 1.165) is 25.9 Å². The number of ether oxygens (including phenoxy) is 1. The van der Waals surface area contributed by atoms with Gasteiger partial charge in [-0.05, 0) is 19.3 Å². The van der Waals surface area contributed by atoms with Gasteiger partial charge in [0, 0.05) is 18.7 Å². The molecule has 2 N–H and O–H groups in total. The molecule has 0 aliphatic heterocycles. The first-order valence-corrected chi connectivity index (χ1v) is 5.64. The van der Waals surface area contributed by atoms with E-state index in [2.05, 4.69) is 12.2 Å². The second kappa shape index (κ2) is 5.69. The number of rotatable bonds is 6. The predicted octanol–water partition coefficient (Wildman–Crippen LogP) is 1.31. The molecule has 0 spiro atoms. The lowest BCUT2D eigenvalue weighted by molar-refractivity contribution is 0.109. The highest BCUT2D eigenvalue weighted by Crippen LogP contribution is 2.29. The average Bonchev–Trinajstić information content (AvgIpc) is 2.66. The van der Waals surface area contributed by atoms with E-state index in [4.69, 9.17) is 4.74 Å². The van der Waals surface area contributed by atoms with E-state index in [1.165, 1.54) is 12.8 Å². The van der Waals surface area contributed by atoms with Crippen molar-refractivity contribution in [3.05, 3.63) is 0 Å². The molecule has 1 fully saturated rings. The second-order valence-corrected chi connectivity index (χ2v) is 4.35. The monoisotopic (exact) mass is 201 g/mol. The van der Waals surface area contributed by atoms with Crippen molar-refractivity contribution in [3.8, 4) is 0 Å². The van der Waals surface area contributed by atoms with Crippen LogP contribution in [-0.2, 0) is 4.74 Å². The molecule has 3 nitrogen and oxygen atoms in total. The molecule has 0 bridgehead atoms. The number of hydrogen-bond donors (Lipinski definition) is 2. The summed E-state index contributed by atoms with van der Waals surface area (Å²) >= 11 is 0. The minimum absolute atomic E-state index is 0.0147. The van der Waals surface area contributed by atoms with Gasteiger partial charge < -0.3 is 15.2 Å². The van der Waals surface area contributed by atoms with Gasteiger partial charge in [0.05, 0.1) is 13.2 Å². The molecular weight excluding hydrogens is 178 g/mol. The van der Waals surface area contributed by atoms with Crippen LogP contribution in [0, 0.1) is 0 Å². The molecule has 1 aliphatic carbocycles. The van der Waals surface area contributed by atoms with Crippen molar-refractivity contribution >= 4 is 0 Å². The van der Waals surface area contributed by atoms with E-state index in [1.54, 1.807) is 7.11 Å². The van der Waals surface area contributed by atoms with Gasteiger partial charge >= 0.3 is 0 Å². The lowest BCUT2D eigenvalue weighted by atomic mass is 9.97. The molecule has 0 aromatic rings. The lowest BCUT2D eigenvalue weighted by Gasteiger charge is -2.32. The van der Waals surface area contributed by atoms with Crippen molar-refractivity contribution in [2.24, 2.45) is 0 Å². The Kier molecular flexibility index (Phi) is 4.85. The highest BCUT2D eigenvalue weighted by atomic mass is 16.5. The Labute approximate surface area is 86.8 Å². The zero-order valence-corrected chi connectivity index (χ0v) is 9.38. The average molecular weight is 201 g/mol. The van der Waals surface area contributed by atoms with Crippen LogP contribution in [0.1, 0.15) is 39.0 Å². The van der Waals surface area contributed by atoms with E-state index in [0.29, 0.717) is 6.04 Å². The van der Waals surface area contributed by atoms with Crippen molar-refractivity contribution < 1.29 is 9.84 Å². The maximum Gasteiger partial charge on any atom is 0.0615 e. The van der Waals surface area contributed by atoms with Gasteiger partial charge in [-0.1, -0.05) is 19.8 Å². The fourth-order valence-corrected chi connectivity index (χ4v) is 2.30. The summed E-state index contributed by atoms with van der Waals surface area (Å²) in [4.78, 5) is 0. The summed E-state index contributed by atoms with van der Waals surface area (Å²) < 4.78 is 5.15. The summed E-state index contributed by atoms with van der Waals surface area (Å²) in [6.45, 7) is 3.14. The zero-order chi connectivity index (χ0) is 10.4. The number of hydrogen-bond acceptors (Lipinski definition) is 3. The Morgan fingerprint density at radius 1 is 1.43 bits per heavy atom. The summed E-state index contributed by atoms with van der Waals surface area (Å²) in [7, 11) is 1.73. The minimum atomic E-state index is -0.0147. The summed E-state index contributed by atoms with van der Waals surface area (Å²) in [5, 5.41) is 13.0. The molecule has 1 rings (SSSR count). The van der Waals surface area contributed by atoms with Gasteiger partial charge in [0.1, 0.15) is 0 Å². The zero-order valence-electron chi connectivity index (χ0n) is 9.38. The summed E-state index contributed by atoms with van der Waals surface area (Å²) in [5.74, 6) is 0. The van der Waals surface area contributed by atoms with E-state index >= 15 is 0 Å². The molecule has 84 valence electrons. The van der Waals surface area contributed by atoms with Gasteiger partial charge in [-0.25, -0.2) is 0 Å². The van der Waals surface area contributed by atoms with Gasteiger partial charge in [0.2, 0.25) is 0 Å². The lowest BCUT2D eigenvalue weighted by Crippen LogP contribution is -2.52. The van der Waals surface area contributed by atoms with Gasteiger partial charge in [0.15, 0.2) is 0 Å². The Bertz CT molecular complexity index is 155. The van der Waals surface area contributed by atoms with Crippen molar-refractivity contribution in [1.82, 2.24) is 5.32 Å². The predicted molar refractivity (Wildman–Crippen MR) is 57.4 cm³/mol. The van der Waals surface area contributed by atoms with E-state index in [9.17, 15) is 5.11 Å². The maximum atomic E-state index is 9.43. The Hall–Kier alpha value is -0.120. The van der Waals surface area contributed by atoms with E-state index < -0.39 is 0 Å². The van der Waals surface area contributed by atoms with Crippen LogP contribution in [0.2, 0.25) is 0 Å². The molecule has 0 radical (unpaired) electrons. The van der Waals surface area contributed by atoms with Gasteiger partial charge in [-0.15, -0.1) is 0 Å². The van der Waals surface area contributed by atoms with Crippen LogP contribution in [0.25, 0.3) is 0 Å². The van der Waals surface area contributed by atoms with Crippen molar-refractivity contribution in [1.29, 1.82) is 0 Å². The fourth-order valence-electron chi connectivity index (χ4n) is 2.30. The topological polar surface area (TPSA) is 41.5 Å². The maximum absolute atomic E-state index is 9.43. The Morgan fingerprint density at radius 3 is 2.50 bits per heavy atom. The first-order valence-electron chi connectivity index (χ1n) is 5.64. The number of nitrogens with one attached hydrogen (secondary N) is 1. The quantitative estimate of drug-likeness (QED) is 0.681. The first kappa shape index (κ1) is 12.0. The van der Waals surface area contributed by atoms with Crippen molar-refractivity contribution in [2.45, 2.75) is 50.6 Å². The molecule has 1 unspecified atom stereocenters. The minimum Gasteiger partial charge on any atom is -0.394 e. The third kappa shape index (κ3) is 2.94. The summed E-state index contributed by atoms with van der Waals surface area (Å²) in [5.41, 5.74) is -0.0147. The summed E-state index contributed by atoms with van der Waals surface area (Å²) in [6, 6.07) is 0.380. The normalized spacial score (nSPS) is 22.5. The molecule has 0 aromatic carbocycles. The molecule has 1 aliphatic rings. The SMILES string of the molecule is CCC(COC)NC1(CO)CCCC1. The standard InChI is InChI=1S/C11H23NO2/c1-3-10(8-14-2)12-11(9-13)6-4-5-7-11/h10,12-13H,3-9H2,1-2H3. The third-order valence-corrected chi connectivity index (χ3v) is 3.23. The second-order valence-electron chi connectivity index (χ2n) is 4.35. The molecule has 0 aromatic heterocycles. The highest BCUT2D eigenvalue weighted by molar-refractivity contribution is 4.94. The smallest absolute Gasteiger partial charge is 0.0615 e. The number of methoxy groups -OCH3 is 1. The molecule has 3 heteroatoms. The fraction of sp³-hybridized carbons (Fsp3) is 1.00. The molecule has 0 heterocycles. The van der Waals surface area contributed by atoms with Crippen LogP contribution >= 0.6 is 0 Å². The van der Waals surface area contributed by atoms with Gasteiger partial charge in [-0.2, -0.15) is 0 Å². The Morgan fingerprint density at radius 2 is 2.07 bits per heavy atom. The van der Waals surface area contributed by atoms with Crippen LogP contribution < -0.4 is 5.32 Å². The van der Waals surface area contributed by atoms with E-state index in [-0.39, 0.29) is 12.1 Å². The van der Waals surface area contributed by atoms with Crippen LogP contribution in [0.3, 0.4) is 0 Å². The molecule has 1 saturated carbocycles. The van der Waals surface area contributed by atoms with Gasteiger partial charge in [0.25, 0.3) is 0 Å². The molecule has 0 saturated heterocycles. The largest absolute Gasteiger partial charge is 0.394 e. The number of aliphatic hydroxyl groups is 1. The van der Waals surface area contributed by atoms with E-state index in [1.807, 2.05) is 0 Å². The molecular formula is C11H23NO2. The Balaban J connectivity index is 2.44. The third-order valence-electron chi connectivity index (χ3n) is 3.23. The van der Waals surface area contributed by atoms with Crippen LogP contribution in [0.4, 0.5) is 0 Å². The summed E-state index contributed by atoms with van der Waals surface area (Å²) in [6.07, 6.45) is 5.72. The molecule has 14 heavy (non-hydrogen) atoms. The highest BCUT2D eigenvalue weighted by Gasteiger charge is 2.34. The first-order chi connectivity index (χ1) is 6.76. The molecule has 0 amide bonds. The van der Waals surface area contributed by atoms with Crippen molar-refractivity contribution in [3.63, 3.8) is 0 Å². The van der Waals surface area contributed by atoms with Crippen LogP contribution in [-0.4, -0.2) is 37.0 Å². The van der Waals surface area contributed by atoms with Crippen molar-refractivity contribution in [2.75, 3.05) is 20.3 Å².